The number of rotatable bonds is 10. The lowest BCUT2D eigenvalue weighted by molar-refractivity contribution is -0.134. The average molecular weight is 591 g/mol. The van der Waals surface area contributed by atoms with Crippen LogP contribution in [0.4, 0.5) is 22.0 Å². The number of amides is 1. The van der Waals surface area contributed by atoms with E-state index in [0.717, 1.165) is 47.7 Å². The third kappa shape index (κ3) is 6.57. The minimum absolute atomic E-state index is 0.000626. The molecule has 41 heavy (non-hydrogen) atoms. The highest BCUT2D eigenvalue weighted by Gasteiger charge is 2.38. The van der Waals surface area contributed by atoms with Crippen molar-refractivity contribution in [2.75, 3.05) is 19.7 Å². The Morgan fingerprint density at radius 2 is 1.61 bits per heavy atom. The minimum Gasteiger partial charge on any atom is -0.488 e. The van der Waals surface area contributed by atoms with E-state index in [4.69, 9.17) is 16.3 Å². The van der Waals surface area contributed by atoms with Gasteiger partial charge in [-0.1, -0.05) is 41.9 Å². The number of ether oxygens (including phenoxy) is 1. The highest BCUT2D eigenvalue weighted by atomic mass is 35.5. The fraction of sp³-hybridized carbons (Fsp3) is 0.323. The first-order valence-electron chi connectivity index (χ1n) is 13.4. The van der Waals surface area contributed by atoms with Crippen LogP contribution in [0.1, 0.15) is 36.0 Å². The summed E-state index contributed by atoms with van der Waals surface area (Å²) in [4.78, 5) is 15.4. The molecule has 0 spiro atoms. The van der Waals surface area contributed by atoms with Crippen LogP contribution in [0.15, 0.2) is 54.6 Å². The van der Waals surface area contributed by atoms with Gasteiger partial charge in [-0.3, -0.25) is 4.79 Å². The zero-order chi connectivity index (χ0) is 29.1. The topological polar surface area (TPSA) is 41.6 Å². The Labute approximate surface area is 239 Å². The molecule has 1 amide bonds. The standard InChI is InChI=1S/C31H28ClF5N2O2/c32-28-23(24(33)9-10-25(28)34)17-39(20-7-8-20)31(40)22-16-38-14-13-21(22)19-5-3-18(4-6-19)2-1-15-41-30-27(36)12-11-26(35)29(30)37/h3-6,9-13,20,22,38H,1-2,7-8,14-17H2. The van der Waals surface area contributed by atoms with Crippen molar-refractivity contribution in [3.63, 3.8) is 0 Å². The molecule has 10 heteroatoms. The number of hydrogen-bond acceptors (Lipinski definition) is 3. The van der Waals surface area contributed by atoms with E-state index in [0.29, 0.717) is 32.0 Å². The summed E-state index contributed by atoms with van der Waals surface area (Å²) in [5.74, 6) is -6.29. The van der Waals surface area contributed by atoms with Crippen molar-refractivity contribution in [3.05, 3.63) is 105 Å². The van der Waals surface area contributed by atoms with Crippen molar-refractivity contribution in [1.29, 1.82) is 0 Å². The highest BCUT2D eigenvalue weighted by molar-refractivity contribution is 6.31. The van der Waals surface area contributed by atoms with Crippen LogP contribution < -0.4 is 10.1 Å². The summed E-state index contributed by atoms with van der Waals surface area (Å²) >= 11 is 6.06. The molecule has 2 aliphatic rings. The van der Waals surface area contributed by atoms with Crippen LogP contribution in [-0.4, -0.2) is 36.5 Å². The zero-order valence-electron chi connectivity index (χ0n) is 22.0. The minimum atomic E-state index is -1.35. The molecule has 1 aliphatic carbocycles. The maximum Gasteiger partial charge on any atom is 0.231 e. The van der Waals surface area contributed by atoms with E-state index < -0.39 is 40.8 Å². The summed E-state index contributed by atoms with van der Waals surface area (Å²) in [6.07, 6.45) is 4.53. The maximum absolute atomic E-state index is 14.5. The lowest BCUT2D eigenvalue weighted by atomic mass is 9.88. The molecule has 0 bridgehead atoms. The molecule has 3 aromatic rings. The molecular formula is C31H28ClF5N2O2. The second-order valence-corrected chi connectivity index (χ2v) is 10.6. The first-order valence-corrected chi connectivity index (χ1v) is 13.8. The molecule has 1 aliphatic heterocycles. The molecule has 0 aromatic heterocycles. The molecule has 1 N–H and O–H groups in total. The smallest absolute Gasteiger partial charge is 0.231 e. The van der Waals surface area contributed by atoms with Crippen LogP contribution in [0.3, 0.4) is 0 Å². The largest absolute Gasteiger partial charge is 0.488 e. The van der Waals surface area contributed by atoms with Gasteiger partial charge in [0.05, 0.1) is 24.1 Å². The van der Waals surface area contributed by atoms with Gasteiger partial charge in [0.15, 0.2) is 17.4 Å². The molecule has 5 rings (SSSR count). The van der Waals surface area contributed by atoms with E-state index in [-0.39, 0.29) is 35.7 Å². The van der Waals surface area contributed by atoms with Gasteiger partial charge in [0.1, 0.15) is 11.6 Å². The lowest BCUT2D eigenvalue weighted by Gasteiger charge is -2.31. The summed E-state index contributed by atoms with van der Waals surface area (Å²) in [6, 6.07) is 11.1. The van der Waals surface area contributed by atoms with Crippen LogP contribution >= 0.6 is 11.6 Å². The number of aryl methyl sites for hydroxylation is 1. The number of nitrogens with one attached hydrogen (secondary N) is 1. The SMILES string of the molecule is O=C(C1CNCC=C1c1ccc(CCCOc2c(F)ccc(F)c2F)cc1)N(Cc1c(F)ccc(F)c1Cl)C1CC1. The van der Waals surface area contributed by atoms with Gasteiger partial charge in [0.25, 0.3) is 0 Å². The molecule has 1 saturated carbocycles. The molecule has 1 unspecified atom stereocenters. The van der Waals surface area contributed by atoms with E-state index >= 15 is 0 Å². The van der Waals surface area contributed by atoms with Gasteiger partial charge >= 0.3 is 0 Å². The monoisotopic (exact) mass is 590 g/mol. The number of carbonyl (C=O) groups excluding carboxylic acids is 1. The third-order valence-corrected chi connectivity index (χ3v) is 7.78. The Balaban J connectivity index is 1.24. The summed E-state index contributed by atoms with van der Waals surface area (Å²) < 4.78 is 74.6. The van der Waals surface area contributed by atoms with Crippen molar-refractivity contribution in [3.8, 4) is 5.75 Å². The van der Waals surface area contributed by atoms with Gasteiger partial charge in [0.2, 0.25) is 11.7 Å². The Hall–Kier alpha value is -3.43. The number of nitrogens with zero attached hydrogens (tertiary/aromatic N) is 1. The Morgan fingerprint density at radius 1 is 0.927 bits per heavy atom. The Morgan fingerprint density at radius 3 is 2.34 bits per heavy atom. The number of hydrogen-bond donors (Lipinski definition) is 1. The molecule has 1 heterocycles. The van der Waals surface area contributed by atoms with Gasteiger partial charge in [-0.05, 0) is 66.6 Å². The normalized spacial score (nSPS) is 16.8. The predicted octanol–water partition coefficient (Wildman–Crippen LogP) is 6.84. The van der Waals surface area contributed by atoms with Crippen LogP contribution in [-0.2, 0) is 17.8 Å². The molecule has 0 saturated heterocycles. The van der Waals surface area contributed by atoms with Gasteiger partial charge < -0.3 is 15.0 Å². The van der Waals surface area contributed by atoms with Crippen molar-refractivity contribution in [2.45, 2.75) is 38.3 Å². The van der Waals surface area contributed by atoms with Crippen molar-refractivity contribution in [1.82, 2.24) is 10.2 Å². The van der Waals surface area contributed by atoms with Crippen LogP contribution in [0.5, 0.6) is 5.75 Å². The summed E-state index contributed by atoms with van der Waals surface area (Å²) in [5, 5.41) is 2.91. The van der Waals surface area contributed by atoms with E-state index in [1.165, 1.54) is 0 Å². The van der Waals surface area contributed by atoms with Gasteiger partial charge in [0, 0.05) is 24.7 Å². The number of carbonyl (C=O) groups is 1. The molecule has 3 aromatic carbocycles. The van der Waals surface area contributed by atoms with E-state index in [9.17, 15) is 26.7 Å². The second-order valence-electron chi connectivity index (χ2n) is 10.2. The van der Waals surface area contributed by atoms with Gasteiger partial charge in [-0.2, -0.15) is 4.39 Å². The quantitative estimate of drug-likeness (QED) is 0.160. The van der Waals surface area contributed by atoms with Crippen molar-refractivity contribution < 1.29 is 31.5 Å². The predicted molar refractivity (Wildman–Crippen MR) is 146 cm³/mol. The lowest BCUT2D eigenvalue weighted by Crippen LogP contribution is -2.43. The van der Waals surface area contributed by atoms with Crippen LogP contribution in [0, 0.1) is 35.0 Å². The summed E-state index contributed by atoms with van der Waals surface area (Å²) in [5.41, 5.74) is 2.62. The summed E-state index contributed by atoms with van der Waals surface area (Å²) in [7, 11) is 0. The fourth-order valence-electron chi connectivity index (χ4n) is 5.01. The van der Waals surface area contributed by atoms with Crippen LogP contribution in [0.2, 0.25) is 5.02 Å². The molecule has 216 valence electrons. The number of halogens is 6. The summed E-state index contributed by atoms with van der Waals surface area (Å²) in [6.45, 7) is 0.873. The molecule has 4 nitrogen and oxygen atoms in total. The number of benzene rings is 3. The van der Waals surface area contributed by atoms with E-state index in [1.807, 2.05) is 30.3 Å². The zero-order valence-corrected chi connectivity index (χ0v) is 22.8. The average Bonchev–Trinajstić information content (AvgIpc) is 3.82. The molecular weight excluding hydrogens is 563 g/mol. The fourth-order valence-corrected chi connectivity index (χ4v) is 5.23. The molecule has 1 fully saturated rings. The highest BCUT2D eigenvalue weighted by Crippen LogP contribution is 2.36. The second kappa shape index (κ2) is 12.6. The maximum atomic E-state index is 14.5. The molecule has 1 atom stereocenters. The van der Waals surface area contributed by atoms with Gasteiger partial charge in [-0.15, -0.1) is 0 Å². The van der Waals surface area contributed by atoms with Crippen LogP contribution in [0.25, 0.3) is 5.57 Å². The third-order valence-electron chi connectivity index (χ3n) is 7.37. The van der Waals surface area contributed by atoms with Crippen molar-refractivity contribution >= 4 is 23.1 Å². The molecule has 0 radical (unpaired) electrons. The first kappa shape index (κ1) is 29.1. The Kier molecular flexibility index (Phi) is 8.94. The Bertz CT molecular complexity index is 1460. The van der Waals surface area contributed by atoms with E-state index in [1.54, 1.807) is 4.90 Å². The van der Waals surface area contributed by atoms with Gasteiger partial charge in [-0.25, -0.2) is 17.6 Å². The van der Waals surface area contributed by atoms with Crippen molar-refractivity contribution in [2.24, 2.45) is 5.92 Å². The first-order chi connectivity index (χ1) is 19.7. The van der Waals surface area contributed by atoms with E-state index in [2.05, 4.69) is 5.32 Å².